The SMILES string of the molecule is Cc1oc(-c2ccc(Br)cc2)cc1C(=O)Nc1ccc(Cl)cc1. The number of anilines is 1. The summed E-state index contributed by atoms with van der Waals surface area (Å²) in [4.78, 5) is 12.4. The number of halogens is 2. The Morgan fingerprint density at radius 2 is 1.74 bits per heavy atom. The minimum Gasteiger partial charge on any atom is -0.461 e. The molecule has 0 unspecified atom stereocenters. The first kappa shape index (κ1) is 15.8. The number of hydrogen-bond donors (Lipinski definition) is 1. The highest BCUT2D eigenvalue weighted by Crippen LogP contribution is 2.27. The third-order valence-electron chi connectivity index (χ3n) is 3.39. The molecule has 116 valence electrons. The summed E-state index contributed by atoms with van der Waals surface area (Å²) in [6.07, 6.45) is 0. The maximum absolute atomic E-state index is 12.4. The van der Waals surface area contributed by atoms with E-state index >= 15 is 0 Å². The van der Waals surface area contributed by atoms with E-state index in [0.717, 1.165) is 10.0 Å². The van der Waals surface area contributed by atoms with Gasteiger partial charge in [-0.2, -0.15) is 0 Å². The maximum Gasteiger partial charge on any atom is 0.259 e. The monoisotopic (exact) mass is 389 g/mol. The first-order valence-corrected chi connectivity index (χ1v) is 8.13. The molecule has 2 aromatic carbocycles. The van der Waals surface area contributed by atoms with E-state index in [4.69, 9.17) is 16.0 Å². The van der Waals surface area contributed by atoms with Crippen LogP contribution in [0.3, 0.4) is 0 Å². The van der Waals surface area contributed by atoms with Crippen LogP contribution in [0, 0.1) is 6.92 Å². The van der Waals surface area contributed by atoms with Gasteiger partial charge in [-0.25, -0.2) is 0 Å². The average Bonchev–Trinajstić information content (AvgIpc) is 2.92. The van der Waals surface area contributed by atoms with Crippen LogP contribution in [0.2, 0.25) is 5.02 Å². The summed E-state index contributed by atoms with van der Waals surface area (Å²) in [5.74, 6) is 1.03. The molecular weight excluding hydrogens is 378 g/mol. The lowest BCUT2D eigenvalue weighted by atomic mass is 10.1. The second-order valence-corrected chi connectivity index (χ2v) is 6.40. The van der Waals surface area contributed by atoms with Gasteiger partial charge in [-0.3, -0.25) is 4.79 Å². The number of amides is 1. The Bertz CT molecular complexity index is 838. The summed E-state index contributed by atoms with van der Waals surface area (Å²) in [6, 6.07) is 16.5. The average molecular weight is 391 g/mol. The number of carbonyl (C=O) groups excluding carboxylic acids is 1. The first-order valence-electron chi connectivity index (χ1n) is 6.96. The van der Waals surface area contributed by atoms with E-state index in [1.165, 1.54) is 0 Å². The number of benzene rings is 2. The topological polar surface area (TPSA) is 42.2 Å². The fourth-order valence-electron chi connectivity index (χ4n) is 2.20. The molecule has 3 rings (SSSR count). The van der Waals surface area contributed by atoms with Crippen molar-refractivity contribution in [3.63, 3.8) is 0 Å². The van der Waals surface area contributed by atoms with Gasteiger partial charge in [0, 0.05) is 20.7 Å². The van der Waals surface area contributed by atoms with Crippen molar-refractivity contribution in [2.75, 3.05) is 5.32 Å². The highest BCUT2D eigenvalue weighted by atomic mass is 79.9. The fraction of sp³-hybridized carbons (Fsp3) is 0.0556. The quantitative estimate of drug-likeness (QED) is 0.603. The highest BCUT2D eigenvalue weighted by Gasteiger charge is 2.16. The minimum absolute atomic E-state index is 0.211. The van der Waals surface area contributed by atoms with Crippen molar-refractivity contribution in [1.82, 2.24) is 0 Å². The van der Waals surface area contributed by atoms with Gasteiger partial charge in [0.15, 0.2) is 0 Å². The molecule has 23 heavy (non-hydrogen) atoms. The summed E-state index contributed by atoms with van der Waals surface area (Å²) in [5.41, 5.74) is 2.12. The Morgan fingerprint density at radius 1 is 1.09 bits per heavy atom. The van der Waals surface area contributed by atoms with Crippen LogP contribution in [-0.2, 0) is 0 Å². The van der Waals surface area contributed by atoms with Crippen LogP contribution >= 0.6 is 27.5 Å². The molecule has 0 spiro atoms. The molecule has 0 aliphatic rings. The second-order valence-electron chi connectivity index (χ2n) is 5.05. The molecule has 0 bridgehead atoms. The van der Waals surface area contributed by atoms with Crippen LogP contribution in [0.1, 0.15) is 16.1 Å². The zero-order chi connectivity index (χ0) is 16.4. The van der Waals surface area contributed by atoms with Crippen LogP contribution in [0.5, 0.6) is 0 Å². The Hall–Kier alpha value is -2.04. The molecule has 0 aliphatic heterocycles. The molecule has 0 saturated carbocycles. The minimum atomic E-state index is -0.211. The molecule has 1 amide bonds. The molecule has 1 N–H and O–H groups in total. The van der Waals surface area contributed by atoms with Crippen molar-refractivity contribution in [3.8, 4) is 11.3 Å². The van der Waals surface area contributed by atoms with E-state index in [0.29, 0.717) is 27.8 Å². The molecule has 0 aliphatic carbocycles. The Labute approximate surface area is 147 Å². The maximum atomic E-state index is 12.4. The van der Waals surface area contributed by atoms with Gasteiger partial charge in [0.1, 0.15) is 11.5 Å². The molecular formula is C18H13BrClNO2. The third kappa shape index (κ3) is 3.66. The van der Waals surface area contributed by atoms with Gasteiger partial charge in [0.25, 0.3) is 5.91 Å². The molecule has 5 heteroatoms. The van der Waals surface area contributed by atoms with Crippen LogP contribution in [-0.4, -0.2) is 5.91 Å². The van der Waals surface area contributed by atoms with Crippen molar-refractivity contribution in [2.45, 2.75) is 6.92 Å². The zero-order valence-electron chi connectivity index (χ0n) is 12.3. The number of rotatable bonds is 3. The van der Waals surface area contributed by atoms with E-state index in [-0.39, 0.29) is 5.91 Å². The molecule has 0 fully saturated rings. The molecule has 3 aromatic rings. The largest absolute Gasteiger partial charge is 0.461 e. The van der Waals surface area contributed by atoms with Crippen LogP contribution in [0.25, 0.3) is 11.3 Å². The zero-order valence-corrected chi connectivity index (χ0v) is 14.6. The summed E-state index contributed by atoms with van der Waals surface area (Å²) in [5, 5.41) is 3.46. The fourth-order valence-corrected chi connectivity index (χ4v) is 2.59. The summed E-state index contributed by atoms with van der Waals surface area (Å²) in [6.45, 7) is 1.78. The predicted molar refractivity (Wildman–Crippen MR) is 96.0 cm³/mol. The molecule has 1 heterocycles. The Morgan fingerprint density at radius 3 is 2.39 bits per heavy atom. The van der Waals surface area contributed by atoms with Crippen LogP contribution in [0.15, 0.2) is 63.5 Å². The van der Waals surface area contributed by atoms with Crippen LogP contribution < -0.4 is 5.32 Å². The molecule has 0 saturated heterocycles. The van der Waals surface area contributed by atoms with Gasteiger partial charge < -0.3 is 9.73 Å². The van der Waals surface area contributed by atoms with Crippen molar-refractivity contribution < 1.29 is 9.21 Å². The smallest absolute Gasteiger partial charge is 0.259 e. The molecule has 0 atom stereocenters. The van der Waals surface area contributed by atoms with Gasteiger partial charge in [0.05, 0.1) is 5.56 Å². The number of hydrogen-bond acceptors (Lipinski definition) is 2. The van der Waals surface area contributed by atoms with Gasteiger partial charge in [0.2, 0.25) is 0 Å². The Balaban J connectivity index is 1.84. The lowest BCUT2D eigenvalue weighted by Crippen LogP contribution is -2.11. The number of aryl methyl sites for hydroxylation is 1. The van der Waals surface area contributed by atoms with Crippen LogP contribution in [0.4, 0.5) is 5.69 Å². The molecule has 0 radical (unpaired) electrons. The molecule has 1 aromatic heterocycles. The number of nitrogens with one attached hydrogen (secondary N) is 1. The second kappa shape index (κ2) is 6.60. The van der Waals surface area contributed by atoms with E-state index in [1.54, 1.807) is 37.3 Å². The number of carbonyl (C=O) groups is 1. The Kier molecular flexibility index (Phi) is 4.55. The van der Waals surface area contributed by atoms with Gasteiger partial charge in [-0.05, 0) is 49.4 Å². The van der Waals surface area contributed by atoms with Crippen molar-refractivity contribution in [3.05, 3.63) is 75.4 Å². The van der Waals surface area contributed by atoms with E-state index in [9.17, 15) is 4.79 Å². The standard InChI is InChI=1S/C18H13BrClNO2/c1-11-16(18(22)21-15-8-6-14(20)7-9-15)10-17(23-11)12-2-4-13(19)5-3-12/h2-10H,1H3,(H,21,22). The van der Waals surface area contributed by atoms with Gasteiger partial charge in [-0.1, -0.05) is 39.7 Å². The van der Waals surface area contributed by atoms with E-state index < -0.39 is 0 Å². The van der Waals surface area contributed by atoms with E-state index in [2.05, 4.69) is 21.2 Å². The van der Waals surface area contributed by atoms with Crippen molar-refractivity contribution in [1.29, 1.82) is 0 Å². The predicted octanol–water partition coefficient (Wildman–Crippen LogP) is 5.92. The summed E-state index contributed by atoms with van der Waals surface area (Å²) < 4.78 is 6.71. The lowest BCUT2D eigenvalue weighted by molar-refractivity contribution is 0.102. The normalized spacial score (nSPS) is 10.6. The summed E-state index contributed by atoms with van der Waals surface area (Å²) in [7, 11) is 0. The lowest BCUT2D eigenvalue weighted by Gasteiger charge is -2.03. The van der Waals surface area contributed by atoms with Gasteiger partial charge >= 0.3 is 0 Å². The highest BCUT2D eigenvalue weighted by molar-refractivity contribution is 9.10. The first-order chi connectivity index (χ1) is 11.0. The third-order valence-corrected chi connectivity index (χ3v) is 4.17. The summed E-state index contributed by atoms with van der Waals surface area (Å²) >= 11 is 9.24. The van der Waals surface area contributed by atoms with Crippen molar-refractivity contribution in [2.24, 2.45) is 0 Å². The van der Waals surface area contributed by atoms with Gasteiger partial charge in [-0.15, -0.1) is 0 Å². The van der Waals surface area contributed by atoms with E-state index in [1.807, 2.05) is 24.3 Å². The number of furan rings is 1. The molecule has 3 nitrogen and oxygen atoms in total. The van der Waals surface area contributed by atoms with Crippen molar-refractivity contribution >= 4 is 39.1 Å².